The first-order valence-corrected chi connectivity index (χ1v) is 8.99. The Morgan fingerprint density at radius 1 is 1.28 bits per heavy atom. The average molecular weight is 317 g/mol. The first-order chi connectivity index (χ1) is 7.92. The number of aliphatic imine (C=N–C) groups is 1. The standard InChI is InChI=1S/C7H14N2O6P2S/c1-9(2)4-3-6(8-5-9)18-7(16(10,11)12)17(13,14)15/h3-4,7H,5H2,1-2H3,(H3-,10,11,12,13,14,15)/p+1. The van der Waals surface area contributed by atoms with E-state index in [1.807, 2.05) is 14.1 Å². The maximum absolute atomic E-state index is 11.1. The quantitative estimate of drug-likeness (QED) is 0.436. The number of nitrogens with zero attached hydrogens (tertiary/aromatic N) is 2. The summed E-state index contributed by atoms with van der Waals surface area (Å²) < 4.78 is 20.5. The summed E-state index contributed by atoms with van der Waals surface area (Å²) >= 11 is 0.407. The third-order valence-electron chi connectivity index (χ3n) is 2.01. The van der Waals surface area contributed by atoms with Gasteiger partial charge in [-0.25, -0.2) is 4.99 Å². The van der Waals surface area contributed by atoms with E-state index in [9.17, 15) is 9.13 Å². The lowest BCUT2D eigenvalue weighted by atomic mass is 10.5. The molecule has 0 unspecified atom stereocenters. The lowest BCUT2D eigenvalue weighted by Crippen LogP contribution is -2.35. The predicted molar refractivity (Wildman–Crippen MR) is 69.0 cm³/mol. The molecule has 0 saturated carbocycles. The number of thioether (sulfide) groups is 1. The van der Waals surface area contributed by atoms with Gasteiger partial charge in [0.25, 0.3) is 0 Å². The molecule has 0 aromatic carbocycles. The Bertz CT molecular complexity index is 456. The van der Waals surface area contributed by atoms with Crippen LogP contribution in [0, 0.1) is 0 Å². The van der Waals surface area contributed by atoms with Crippen molar-refractivity contribution in [2.75, 3.05) is 20.8 Å². The van der Waals surface area contributed by atoms with Gasteiger partial charge in [-0.1, -0.05) is 11.8 Å². The summed E-state index contributed by atoms with van der Waals surface area (Å²) in [6.07, 6.45) is 3.22. The molecule has 0 amide bonds. The molecule has 0 bridgehead atoms. The minimum Gasteiger partial charge on any atom is -0.323 e. The summed E-state index contributed by atoms with van der Waals surface area (Å²) in [5, 5.41) is 0.198. The van der Waals surface area contributed by atoms with Crippen LogP contribution in [0.4, 0.5) is 0 Å². The zero-order valence-corrected chi connectivity index (χ0v) is 12.3. The Morgan fingerprint density at radius 2 is 1.78 bits per heavy atom. The van der Waals surface area contributed by atoms with Gasteiger partial charge in [0.2, 0.25) is 4.73 Å². The van der Waals surface area contributed by atoms with Crippen LogP contribution < -0.4 is 0 Å². The number of hydrogen-bond donors (Lipinski definition) is 4. The molecule has 1 aliphatic heterocycles. The largest absolute Gasteiger partial charge is 0.351 e. The van der Waals surface area contributed by atoms with E-state index in [-0.39, 0.29) is 5.04 Å². The van der Waals surface area contributed by atoms with Gasteiger partial charge in [-0.15, -0.1) is 0 Å². The van der Waals surface area contributed by atoms with E-state index < -0.39 is 19.9 Å². The second kappa shape index (κ2) is 5.19. The highest BCUT2D eigenvalue weighted by atomic mass is 32.2. The highest BCUT2D eigenvalue weighted by molar-refractivity contribution is 8.23. The topological polar surface area (TPSA) is 127 Å². The summed E-state index contributed by atoms with van der Waals surface area (Å²) in [7, 11) is -6.10. The minimum atomic E-state index is -4.92. The van der Waals surface area contributed by atoms with E-state index in [4.69, 9.17) is 19.6 Å². The smallest absolute Gasteiger partial charge is 0.323 e. The molecule has 1 rings (SSSR count). The van der Waals surface area contributed by atoms with Crippen molar-refractivity contribution in [3.8, 4) is 0 Å². The first kappa shape index (κ1) is 16.1. The molecule has 0 radical (unpaired) electrons. The summed E-state index contributed by atoms with van der Waals surface area (Å²) in [6, 6.07) is 0. The van der Waals surface area contributed by atoms with Crippen molar-refractivity contribution in [2.45, 2.75) is 4.73 Å². The molecule has 104 valence electrons. The van der Waals surface area contributed by atoms with E-state index in [0.29, 0.717) is 22.9 Å². The van der Waals surface area contributed by atoms with Crippen LogP contribution in [0.1, 0.15) is 0 Å². The van der Waals surface area contributed by atoms with Gasteiger partial charge >= 0.3 is 15.2 Å². The predicted octanol–water partition coefficient (Wildman–Crippen LogP) is 0.318. The van der Waals surface area contributed by atoms with Crippen LogP contribution in [0.25, 0.3) is 0 Å². The minimum absolute atomic E-state index is 0.198. The maximum Gasteiger partial charge on any atom is 0.351 e. The van der Waals surface area contributed by atoms with Gasteiger partial charge in [0.1, 0.15) is 5.04 Å². The van der Waals surface area contributed by atoms with E-state index in [0.717, 1.165) is 0 Å². The number of quaternary nitrogens is 1. The summed E-state index contributed by atoms with van der Waals surface area (Å²) in [5.41, 5.74) is 0. The van der Waals surface area contributed by atoms with Gasteiger partial charge in [0.05, 0.1) is 20.3 Å². The Balaban J connectivity index is 2.89. The monoisotopic (exact) mass is 317 g/mol. The van der Waals surface area contributed by atoms with Gasteiger partial charge in [-0.2, -0.15) is 0 Å². The van der Waals surface area contributed by atoms with Gasteiger partial charge < -0.3 is 19.6 Å². The molecule has 1 heterocycles. The van der Waals surface area contributed by atoms with Crippen LogP contribution in [0.15, 0.2) is 17.3 Å². The Hall–Kier alpha value is 0.0200. The van der Waals surface area contributed by atoms with Gasteiger partial charge in [-0.3, -0.25) is 13.6 Å². The van der Waals surface area contributed by atoms with Crippen molar-refractivity contribution in [2.24, 2.45) is 4.99 Å². The lowest BCUT2D eigenvalue weighted by Gasteiger charge is -2.26. The van der Waals surface area contributed by atoms with Gasteiger partial charge in [0.15, 0.2) is 6.67 Å². The third kappa shape index (κ3) is 4.60. The summed E-state index contributed by atoms with van der Waals surface area (Å²) in [4.78, 5) is 39.9. The summed E-state index contributed by atoms with van der Waals surface area (Å²) in [5.74, 6) is 0. The van der Waals surface area contributed by atoms with Crippen LogP contribution in [0.5, 0.6) is 0 Å². The molecule has 0 aromatic heterocycles. The number of rotatable bonds is 3. The molecular weight excluding hydrogens is 302 g/mol. The second-order valence-corrected chi connectivity index (χ2v) is 9.98. The van der Waals surface area contributed by atoms with Crippen molar-refractivity contribution >= 4 is 32.0 Å². The van der Waals surface area contributed by atoms with Crippen molar-refractivity contribution in [1.82, 2.24) is 0 Å². The second-order valence-electron chi connectivity index (χ2n) is 4.35. The lowest BCUT2D eigenvalue weighted by molar-refractivity contribution is -0.838. The fourth-order valence-electron chi connectivity index (χ4n) is 1.14. The number of hydrogen-bond acceptors (Lipinski definition) is 4. The molecule has 11 heteroatoms. The molecule has 1 aliphatic rings. The Kier molecular flexibility index (Phi) is 4.63. The molecule has 0 aromatic rings. The van der Waals surface area contributed by atoms with Crippen molar-refractivity contribution in [3.63, 3.8) is 0 Å². The highest BCUT2D eigenvalue weighted by Crippen LogP contribution is 2.64. The zero-order chi connectivity index (χ0) is 14.2. The van der Waals surface area contributed by atoms with E-state index in [2.05, 4.69) is 4.99 Å². The molecule has 0 spiro atoms. The van der Waals surface area contributed by atoms with E-state index in [1.54, 1.807) is 6.20 Å². The Labute approximate surface area is 108 Å². The van der Waals surface area contributed by atoms with E-state index >= 15 is 0 Å². The van der Waals surface area contributed by atoms with Crippen LogP contribution in [0.2, 0.25) is 0 Å². The van der Waals surface area contributed by atoms with E-state index in [1.165, 1.54) is 6.08 Å². The fraction of sp³-hybridized carbons (Fsp3) is 0.571. The van der Waals surface area contributed by atoms with Crippen molar-refractivity contribution in [3.05, 3.63) is 12.3 Å². The third-order valence-corrected chi connectivity index (χ3v) is 7.97. The zero-order valence-electron chi connectivity index (χ0n) is 9.74. The van der Waals surface area contributed by atoms with Gasteiger partial charge in [0, 0.05) is 6.08 Å². The molecule has 8 nitrogen and oxygen atoms in total. The van der Waals surface area contributed by atoms with Crippen LogP contribution >= 0.6 is 27.0 Å². The maximum atomic E-state index is 11.1. The summed E-state index contributed by atoms with van der Waals surface area (Å²) in [6.45, 7) is 0.341. The molecule has 4 N–H and O–H groups in total. The van der Waals surface area contributed by atoms with Crippen molar-refractivity contribution in [1.29, 1.82) is 0 Å². The molecule has 0 fully saturated rings. The Morgan fingerprint density at radius 3 is 2.11 bits per heavy atom. The van der Waals surface area contributed by atoms with Crippen LogP contribution in [-0.2, 0) is 9.13 Å². The molecular formula is C7H15N2O6P2S+. The molecule has 18 heavy (non-hydrogen) atoms. The molecule has 0 aliphatic carbocycles. The van der Waals surface area contributed by atoms with Crippen LogP contribution in [0.3, 0.4) is 0 Å². The first-order valence-electron chi connectivity index (χ1n) is 4.75. The highest BCUT2D eigenvalue weighted by Gasteiger charge is 2.45. The molecule has 0 atom stereocenters. The van der Waals surface area contributed by atoms with Crippen molar-refractivity contribution < 1.29 is 33.2 Å². The fourth-order valence-corrected chi connectivity index (χ4v) is 4.94. The molecule has 0 saturated heterocycles. The normalized spacial score (nSPS) is 20.1. The van der Waals surface area contributed by atoms with Crippen LogP contribution in [-0.4, -0.2) is 54.6 Å². The average Bonchev–Trinajstić information content (AvgIpc) is 2.12. The SMILES string of the molecule is C[N+]1(C)C=CC(SC(P(=O)(O)O)P(=O)(O)O)=NC1. The van der Waals surface area contributed by atoms with Gasteiger partial charge in [-0.05, 0) is 0 Å².